The van der Waals surface area contributed by atoms with E-state index in [9.17, 15) is 23.1 Å². The summed E-state index contributed by atoms with van der Waals surface area (Å²) in [4.78, 5) is 26.5. The first-order valence-corrected chi connectivity index (χ1v) is 13.7. The van der Waals surface area contributed by atoms with Gasteiger partial charge in [0, 0.05) is 53.7 Å². The minimum absolute atomic E-state index is 0.0708. The van der Waals surface area contributed by atoms with Crippen molar-refractivity contribution in [2.45, 2.75) is 31.2 Å². The summed E-state index contributed by atoms with van der Waals surface area (Å²) in [6.45, 7) is 4.02. The maximum atomic E-state index is 13.5. The third-order valence-electron chi connectivity index (χ3n) is 6.61. The first kappa shape index (κ1) is 26.6. The van der Waals surface area contributed by atoms with E-state index in [0.717, 1.165) is 5.56 Å². The average Bonchev–Trinajstić information content (AvgIpc) is 2.89. The largest absolute Gasteiger partial charge is 0.450 e. The van der Waals surface area contributed by atoms with Crippen LogP contribution in [0.1, 0.15) is 29.3 Å². The summed E-state index contributed by atoms with van der Waals surface area (Å²) in [6.07, 6.45) is -0.136. The van der Waals surface area contributed by atoms with E-state index in [1.807, 2.05) is 19.1 Å². The second-order valence-corrected chi connectivity index (χ2v) is 10.7. The number of aliphatic hydroxyl groups excluding tert-OH is 1. The number of piperidine rings is 1. The van der Waals surface area contributed by atoms with Gasteiger partial charge in [0.15, 0.2) is 0 Å². The maximum Gasteiger partial charge on any atom is 0.409 e. The number of nitrogens with one attached hydrogen (secondary N) is 2. The number of hydrogen-bond donors (Lipinski definition) is 3. The van der Waals surface area contributed by atoms with Crippen LogP contribution in [0.2, 0.25) is 0 Å². The quantitative estimate of drug-likeness (QED) is 0.434. The zero-order valence-electron chi connectivity index (χ0n) is 20.8. The second-order valence-electron chi connectivity index (χ2n) is 9.03. The number of rotatable bonds is 7. The molecular formula is C27H31N3O6S. The van der Waals surface area contributed by atoms with Crippen LogP contribution >= 0.6 is 0 Å². The smallest absolute Gasteiger partial charge is 0.409 e. The van der Waals surface area contributed by atoms with Crippen molar-refractivity contribution in [1.29, 1.82) is 0 Å². The van der Waals surface area contributed by atoms with Gasteiger partial charge in [0.05, 0.1) is 11.5 Å². The Balaban J connectivity index is 1.59. The summed E-state index contributed by atoms with van der Waals surface area (Å²) in [7, 11) is -3.99. The maximum absolute atomic E-state index is 13.5. The zero-order valence-corrected chi connectivity index (χ0v) is 21.6. The van der Waals surface area contributed by atoms with Gasteiger partial charge in [-0.25, -0.2) is 17.9 Å². The number of carbonyl (C=O) groups excluding carboxylic acids is 2. The molecule has 0 saturated carbocycles. The standard InChI is InChI=1S/C27H31N3O6S/c1-3-36-27(33)30-15-14-23(19(16-30)17-31)29-37(34,35)25-13-12-24(21-10-6-7-11-22(21)25)28-26(32)20-9-5-4-8-18(20)2/h4-13,19,23,29,31H,3,14-17H2,1-2H3,(H,28,32). The summed E-state index contributed by atoms with van der Waals surface area (Å²) < 4.78 is 34.8. The number of carbonyl (C=O) groups is 2. The highest BCUT2D eigenvalue weighted by Gasteiger charge is 2.35. The number of hydrogen-bond acceptors (Lipinski definition) is 6. The zero-order chi connectivity index (χ0) is 26.6. The van der Waals surface area contributed by atoms with Gasteiger partial charge >= 0.3 is 6.09 Å². The minimum Gasteiger partial charge on any atom is -0.450 e. The van der Waals surface area contributed by atoms with Crippen molar-refractivity contribution in [1.82, 2.24) is 9.62 Å². The molecule has 0 aliphatic carbocycles. The number of sulfonamides is 1. The van der Waals surface area contributed by atoms with Crippen LogP contribution in [0.3, 0.4) is 0 Å². The average molecular weight is 526 g/mol. The number of ether oxygens (including phenoxy) is 1. The lowest BCUT2D eigenvalue weighted by atomic mass is 9.94. The molecule has 2 atom stereocenters. The van der Waals surface area contributed by atoms with Gasteiger partial charge in [0.1, 0.15) is 0 Å². The van der Waals surface area contributed by atoms with Gasteiger partial charge in [0.25, 0.3) is 5.91 Å². The van der Waals surface area contributed by atoms with Crippen molar-refractivity contribution in [3.63, 3.8) is 0 Å². The molecule has 37 heavy (non-hydrogen) atoms. The van der Waals surface area contributed by atoms with Crippen LogP contribution in [0.15, 0.2) is 65.6 Å². The molecule has 3 aromatic rings. The number of aryl methyl sites for hydroxylation is 1. The van der Waals surface area contributed by atoms with Gasteiger partial charge in [-0.1, -0.05) is 42.5 Å². The Bertz CT molecular complexity index is 1410. The predicted molar refractivity (Wildman–Crippen MR) is 141 cm³/mol. The number of benzene rings is 3. The highest BCUT2D eigenvalue weighted by Crippen LogP contribution is 2.31. The van der Waals surface area contributed by atoms with Crippen molar-refractivity contribution in [3.05, 3.63) is 71.8 Å². The first-order valence-electron chi connectivity index (χ1n) is 12.2. The number of anilines is 1. The molecule has 10 heteroatoms. The monoisotopic (exact) mass is 525 g/mol. The van der Waals surface area contributed by atoms with Crippen LogP contribution in [0.25, 0.3) is 10.8 Å². The molecule has 1 aliphatic rings. The molecule has 1 fully saturated rings. The van der Waals surface area contributed by atoms with Crippen LogP contribution in [0, 0.1) is 12.8 Å². The lowest BCUT2D eigenvalue weighted by molar-refractivity contribution is 0.0666. The lowest BCUT2D eigenvalue weighted by Crippen LogP contribution is -2.53. The number of amides is 2. The Morgan fingerprint density at radius 2 is 1.76 bits per heavy atom. The van der Waals surface area contributed by atoms with Crippen molar-refractivity contribution < 1.29 is 27.9 Å². The van der Waals surface area contributed by atoms with Crippen molar-refractivity contribution in [2.75, 3.05) is 31.6 Å². The number of likely N-dealkylation sites (tertiary alicyclic amines) is 1. The molecule has 0 radical (unpaired) electrons. The molecule has 3 aromatic carbocycles. The van der Waals surface area contributed by atoms with E-state index in [1.165, 1.54) is 11.0 Å². The molecular weight excluding hydrogens is 494 g/mol. The molecule has 0 bridgehead atoms. The summed E-state index contributed by atoms with van der Waals surface area (Å²) in [6, 6.07) is 16.7. The van der Waals surface area contributed by atoms with E-state index in [-0.39, 0.29) is 30.6 Å². The normalized spacial score (nSPS) is 18.0. The van der Waals surface area contributed by atoms with Gasteiger partial charge in [-0.3, -0.25) is 4.79 Å². The highest BCUT2D eigenvalue weighted by atomic mass is 32.2. The van der Waals surface area contributed by atoms with Gasteiger partial charge in [-0.05, 0) is 44.0 Å². The first-order chi connectivity index (χ1) is 17.7. The third kappa shape index (κ3) is 5.76. The van der Waals surface area contributed by atoms with Gasteiger partial charge in [-0.2, -0.15) is 0 Å². The van der Waals surface area contributed by atoms with Crippen LogP contribution in [-0.4, -0.2) is 62.8 Å². The summed E-state index contributed by atoms with van der Waals surface area (Å²) in [5, 5.41) is 13.9. The fraction of sp³-hybridized carbons (Fsp3) is 0.333. The summed E-state index contributed by atoms with van der Waals surface area (Å²) >= 11 is 0. The molecule has 2 amide bonds. The molecule has 1 heterocycles. The summed E-state index contributed by atoms with van der Waals surface area (Å²) in [5.41, 5.74) is 1.87. The van der Waals surface area contributed by atoms with Crippen molar-refractivity contribution in [2.24, 2.45) is 5.92 Å². The molecule has 1 saturated heterocycles. The Morgan fingerprint density at radius 1 is 1.05 bits per heavy atom. The topological polar surface area (TPSA) is 125 Å². The molecule has 4 rings (SSSR count). The molecule has 196 valence electrons. The van der Waals surface area contributed by atoms with E-state index < -0.39 is 28.1 Å². The Hall–Kier alpha value is -3.47. The molecule has 2 unspecified atom stereocenters. The minimum atomic E-state index is -3.99. The Kier molecular flexibility index (Phi) is 8.11. The SMILES string of the molecule is CCOC(=O)N1CCC(NS(=O)(=O)c2ccc(NC(=O)c3ccccc3C)c3ccccc23)C(CO)C1. The molecule has 0 aromatic heterocycles. The van der Waals surface area contributed by atoms with Gasteiger partial charge in [0.2, 0.25) is 10.0 Å². The van der Waals surface area contributed by atoms with Gasteiger partial charge in [-0.15, -0.1) is 0 Å². The highest BCUT2D eigenvalue weighted by molar-refractivity contribution is 7.89. The van der Waals surface area contributed by atoms with Crippen LogP contribution in [0.5, 0.6) is 0 Å². The van der Waals surface area contributed by atoms with Crippen LogP contribution < -0.4 is 10.0 Å². The van der Waals surface area contributed by atoms with E-state index in [2.05, 4.69) is 10.0 Å². The number of fused-ring (bicyclic) bond motifs is 1. The van der Waals surface area contributed by atoms with E-state index >= 15 is 0 Å². The number of aliphatic hydroxyl groups is 1. The summed E-state index contributed by atoms with van der Waals surface area (Å²) in [5.74, 6) is -0.761. The molecule has 1 aliphatic heterocycles. The number of nitrogens with zero attached hydrogens (tertiary/aromatic N) is 1. The fourth-order valence-corrected chi connectivity index (χ4v) is 6.20. The Morgan fingerprint density at radius 3 is 2.46 bits per heavy atom. The Labute approximate surface area is 216 Å². The fourth-order valence-electron chi connectivity index (χ4n) is 4.65. The van der Waals surface area contributed by atoms with Crippen LogP contribution in [-0.2, 0) is 14.8 Å². The van der Waals surface area contributed by atoms with Crippen molar-refractivity contribution in [3.8, 4) is 0 Å². The third-order valence-corrected chi connectivity index (χ3v) is 8.16. The molecule has 9 nitrogen and oxygen atoms in total. The van der Waals surface area contributed by atoms with Gasteiger partial charge < -0.3 is 20.1 Å². The van der Waals surface area contributed by atoms with E-state index in [1.54, 1.807) is 49.4 Å². The lowest BCUT2D eigenvalue weighted by Gasteiger charge is -2.37. The predicted octanol–water partition coefficient (Wildman–Crippen LogP) is 3.52. The van der Waals surface area contributed by atoms with E-state index in [0.29, 0.717) is 35.0 Å². The van der Waals surface area contributed by atoms with Crippen molar-refractivity contribution >= 4 is 38.5 Å². The van der Waals surface area contributed by atoms with E-state index in [4.69, 9.17) is 4.74 Å². The second kappa shape index (κ2) is 11.3. The molecule has 0 spiro atoms. The molecule has 3 N–H and O–H groups in total. The van der Waals surface area contributed by atoms with Crippen LogP contribution in [0.4, 0.5) is 10.5 Å².